The number of anilines is 1. The third-order valence-electron chi connectivity index (χ3n) is 5.62. The Hall–Kier alpha value is -3.66. The van der Waals surface area contributed by atoms with Crippen LogP contribution in [0.25, 0.3) is 5.95 Å². The first kappa shape index (κ1) is 23.5. The van der Waals surface area contributed by atoms with Crippen LogP contribution in [0.1, 0.15) is 22.6 Å². The molecule has 0 atom stereocenters. The zero-order valence-electron chi connectivity index (χ0n) is 19.6. The van der Waals surface area contributed by atoms with Crippen molar-refractivity contribution in [1.29, 1.82) is 0 Å². The third-order valence-corrected chi connectivity index (χ3v) is 5.62. The highest BCUT2D eigenvalue weighted by molar-refractivity contribution is 5.91. The van der Waals surface area contributed by atoms with Crippen molar-refractivity contribution < 1.29 is 14.0 Å². The first-order chi connectivity index (χ1) is 16.3. The molecule has 1 saturated heterocycles. The maximum Gasteiger partial charge on any atom is 0.252 e. The summed E-state index contributed by atoms with van der Waals surface area (Å²) in [6.07, 6.45) is 0.241. The third kappa shape index (κ3) is 5.82. The van der Waals surface area contributed by atoms with Gasteiger partial charge in [0.1, 0.15) is 11.6 Å². The number of carbonyl (C=O) groups excluding carboxylic acids is 2. The lowest BCUT2D eigenvalue weighted by atomic mass is 10.1. The zero-order valence-corrected chi connectivity index (χ0v) is 19.6. The summed E-state index contributed by atoms with van der Waals surface area (Å²) >= 11 is 0. The van der Waals surface area contributed by atoms with Gasteiger partial charge in [-0.25, -0.2) is 14.4 Å². The van der Waals surface area contributed by atoms with Crippen LogP contribution in [0.15, 0.2) is 36.4 Å². The van der Waals surface area contributed by atoms with Crippen molar-refractivity contribution in [2.75, 3.05) is 38.0 Å². The molecular formula is C24H28FN7O2. The number of benzene rings is 1. The second kappa shape index (κ2) is 10.1. The Bertz CT molecular complexity index is 1160. The summed E-state index contributed by atoms with van der Waals surface area (Å²) in [5.74, 6) is 0.442. The van der Waals surface area contributed by atoms with Gasteiger partial charge in [-0.3, -0.25) is 14.5 Å². The molecule has 0 aliphatic carbocycles. The number of nitrogens with zero attached hydrogens (tertiary/aromatic N) is 6. The Morgan fingerprint density at radius 1 is 0.941 bits per heavy atom. The summed E-state index contributed by atoms with van der Waals surface area (Å²) in [5.41, 5.74) is 3.17. The molecule has 2 amide bonds. The van der Waals surface area contributed by atoms with Gasteiger partial charge in [-0.2, -0.15) is 9.78 Å². The lowest BCUT2D eigenvalue weighted by molar-refractivity contribution is -0.132. The molecular weight excluding hydrogens is 437 g/mol. The van der Waals surface area contributed by atoms with Crippen molar-refractivity contribution in [3.8, 4) is 5.95 Å². The predicted molar refractivity (Wildman–Crippen MR) is 125 cm³/mol. The fourth-order valence-corrected chi connectivity index (χ4v) is 3.97. The van der Waals surface area contributed by atoms with Crippen LogP contribution < -0.4 is 5.32 Å². The van der Waals surface area contributed by atoms with E-state index in [1.54, 1.807) is 27.8 Å². The van der Waals surface area contributed by atoms with Gasteiger partial charge in [0.2, 0.25) is 11.8 Å². The molecule has 3 aromatic rings. The number of piperazine rings is 1. The fraction of sp³-hybridized carbons (Fsp3) is 0.375. The molecule has 1 aromatic carbocycles. The Morgan fingerprint density at radius 2 is 1.59 bits per heavy atom. The Kier molecular flexibility index (Phi) is 6.97. The molecule has 1 fully saturated rings. The molecule has 0 radical (unpaired) electrons. The first-order valence-corrected chi connectivity index (χ1v) is 11.2. The molecule has 9 nitrogen and oxygen atoms in total. The molecule has 0 spiro atoms. The van der Waals surface area contributed by atoms with Gasteiger partial charge in [-0.15, -0.1) is 0 Å². The van der Waals surface area contributed by atoms with E-state index in [-0.39, 0.29) is 30.6 Å². The van der Waals surface area contributed by atoms with E-state index in [0.29, 0.717) is 37.9 Å². The van der Waals surface area contributed by atoms with Gasteiger partial charge in [0, 0.05) is 43.6 Å². The van der Waals surface area contributed by atoms with Crippen LogP contribution in [0.2, 0.25) is 0 Å². The van der Waals surface area contributed by atoms with Crippen LogP contribution in [0.3, 0.4) is 0 Å². The average molecular weight is 466 g/mol. The van der Waals surface area contributed by atoms with Gasteiger partial charge in [0.15, 0.2) is 0 Å². The van der Waals surface area contributed by atoms with Crippen molar-refractivity contribution >= 4 is 17.6 Å². The quantitative estimate of drug-likeness (QED) is 0.599. The lowest BCUT2D eigenvalue weighted by Crippen LogP contribution is -2.50. The number of aryl methyl sites for hydroxylation is 3. The van der Waals surface area contributed by atoms with E-state index in [9.17, 15) is 14.0 Å². The lowest BCUT2D eigenvalue weighted by Gasteiger charge is -2.34. The molecule has 10 heteroatoms. The molecule has 1 N–H and O–H groups in total. The topological polar surface area (TPSA) is 96.3 Å². The molecule has 0 bridgehead atoms. The van der Waals surface area contributed by atoms with Crippen LogP contribution in [-0.2, 0) is 16.0 Å². The van der Waals surface area contributed by atoms with E-state index in [0.717, 1.165) is 22.6 Å². The second-order valence-electron chi connectivity index (χ2n) is 8.54. The summed E-state index contributed by atoms with van der Waals surface area (Å²) in [5, 5.41) is 7.35. The van der Waals surface area contributed by atoms with Gasteiger partial charge < -0.3 is 10.2 Å². The maximum atomic E-state index is 13.1. The van der Waals surface area contributed by atoms with E-state index in [1.807, 2.05) is 31.7 Å². The summed E-state index contributed by atoms with van der Waals surface area (Å²) in [4.78, 5) is 38.0. The van der Waals surface area contributed by atoms with E-state index < -0.39 is 0 Å². The number of amides is 2. The molecule has 178 valence electrons. The van der Waals surface area contributed by atoms with Crippen molar-refractivity contribution in [3.05, 3.63) is 64.9 Å². The highest BCUT2D eigenvalue weighted by Gasteiger charge is 2.23. The molecule has 1 aliphatic rings. The van der Waals surface area contributed by atoms with Gasteiger partial charge in [-0.1, -0.05) is 12.1 Å². The van der Waals surface area contributed by atoms with E-state index in [2.05, 4.69) is 20.4 Å². The zero-order chi connectivity index (χ0) is 24.2. The Labute approximate surface area is 197 Å². The van der Waals surface area contributed by atoms with Crippen molar-refractivity contribution in [2.45, 2.75) is 27.2 Å². The Morgan fingerprint density at radius 3 is 2.24 bits per heavy atom. The van der Waals surface area contributed by atoms with Gasteiger partial charge in [-0.05, 0) is 44.5 Å². The van der Waals surface area contributed by atoms with Gasteiger partial charge >= 0.3 is 0 Å². The van der Waals surface area contributed by atoms with Crippen molar-refractivity contribution in [3.63, 3.8) is 0 Å². The summed E-state index contributed by atoms with van der Waals surface area (Å²) in [7, 11) is 0. The van der Waals surface area contributed by atoms with E-state index >= 15 is 0 Å². The maximum absolute atomic E-state index is 13.1. The number of hydrogen-bond donors (Lipinski definition) is 1. The highest BCUT2D eigenvalue weighted by atomic mass is 19.1. The molecule has 34 heavy (non-hydrogen) atoms. The molecule has 3 heterocycles. The minimum Gasteiger partial charge on any atom is -0.340 e. The largest absolute Gasteiger partial charge is 0.340 e. The van der Waals surface area contributed by atoms with Crippen LogP contribution in [-0.4, -0.2) is 74.1 Å². The summed E-state index contributed by atoms with van der Waals surface area (Å²) < 4.78 is 14.6. The predicted octanol–water partition coefficient (Wildman–Crippen LogP) is 2.05. The fourth-order valence-electron chi connectivity index (χ4n) is 3.97. The average Bonchev–Trinajstić information content (AvgIpc) is 3.15. The molecule has 1 aliphatic heterocycles. The van der Waals surface area contributed by atoms with Crippen LogP contribution in [0, 0.1) is 26.6 Å². The standard InChI is InChI=1S/C24H28FN7O2/c1-16-12-17(2)27-24(26-16)32-21(13-18(3)29-32)28-22(33)15-30-8-10-31(11-9-30)23(34)14-19-4-6-20(25)7-5-19/h4-7,12-13H,8-11,14-15H2,1-3H3,(H,28,33). The molecule has 0 unspecified atom stereocenters. The number of rotatable bonds is 6. The second-order valence-corrected chi connectivity index (χ2v) is 8.54. The summed E-state index contributed by atoms with van der Waals surface area (Å²) in [6, 6.07) is 9.64. The SMILES string of the molecule is Cc1cc(C)nc(-n2nc(C)cc2NC(=O)CN2CCN(C(=O)Cc3ccc(F)cc3)CC2)n1. The van der Waals surface area contributed by atoms with E-state index in [1.165, 1.54) is 12.1 Å². The highest BCUT2D eigenvalue weighted by Crippen LogP contribution is 2.16. The van der Waals surface area contributed by atoms with Crippen molar-refractivity contribution in [1.82, 2.24) is 29.5 Å². The van der Waals surface area contributed by atoms with Crippen molar-refractivity contribution in [2.24, 2.45) is 0 Å². The molecule has 0 saturated carbocycles. The molecule has 2 aromatic heterocycles. The monoisotopic (exact) mass is 465 g/mol. The number of hydrogen-bond acceptors (Lipinski definition) is 6. The minimum atomic E-state index is -0.317. The van der Waals surface area contributed by atoms with Crippen LogP contribution in [0.5, 0.6) is 0 Å². The minimum absolute atomic E-state index is 0.00327. The van der Waals surface area contributed by atoms with Gasteiger partial charge in [0.25, 0.3) is 5.95 Å². The number of nitrogens with one attached hydrogen (secondary N) is 1. The van der Waals surface area contributed by atoms with Crippen LogP contribution >= 0.6 is 0 Å². The summed E-state index contributed by atoms with van der Waals surface area (Å²) in [6.45, 7) is 8.10. The normalized spacial score (nSPS) is 14.3. The molecule has 4 rings (SSSR count). The van der Waals surface area contributed by atoms with E-state index in [4.69, 9.17) is 0 Å². The first-order valence-electron chi connectivity index (χ1n) is 11.2. The Balaban J connectivity index is 1.31. The number of aromatic nitrogens is 4. The van der Waals surface area contributed by atoms with Gasteiger partial charge in [0.05, 0.1) is 18.7 Å². The number of carbonyl (C=O) groups is 2. The smallest absolute Gasteiger partial charge is 0.252 e. The van der Waals surface area contributed by atoms with Crippen LogP contribution in [0.4, 0.5) is 10.2 Å². The number of halogens is 1.